The summed E-state index contributed by atoms with van der Waals surface area (Å²) in [5, 5.41) is 11.4. The van der Waals surface area contributed by atoms with Crippen molar-refractivity contribution in [2.75, 3.05) is 0 Å². The van der Waals surface area contributed by atoms with Crippen LogP contribution in [0.1, 0.15) is 10.4 Å². The van der Waals surface area contributed by atoms with Gasteiger partial charge in [-0.1, -0.05) is 24.3 Å². The number of carbonyl (C=O) groups excluding carboxylic acids is 1. The molecule has 0 aliphatic carbocycles. The Kier molecular flexibility index (Phi) is 2.80. The maximum absolute atomic E-state index is 12.4. The number of aromatic nitrogens is 1. The largest absolute Gasteiger partial charge is 0.283 e. The van der Waals surface area contributed by atoms with Crippen molar-refractivity contribution >= 4 is 22.5 Å². The van der Waals surface area contributed by atoms with E-state index in [4.69, 9.17) is 0 Å². The minimum absolute atomic E-state index is 0.00196. The van der Waals surface area contributed by atoms with Gasteiger partial charge in [0, 0.05) is 17.8 Å². The molecular weight excluding hydrogens is 256 g/mol. The van der Waals surface area contributed by atoms with Crippen LogP contribution in [0.2, 0.25) is 0 Å². The lowest BCUT2D eigenvalue weighted by Gasteiger charge is -2.04. The number of nitro benzene ring substituents is 1. The Morgan fingerprint density at radius 3 is 2.45 bits per heavy atom. The van der Waals surface area contributed by atoms with Crippen LogP contribution in [0.15, 0.2) is 60.8 Å². The molecule has 5 nitrogen and oxygen atoms in total. The van der Waals surface area contributed by atoms with Crippen molar-refractivity contribution in [2.45, 2.75) is 0 Å². The van der Waals surface area contributed by atoms with Gasteiger partial charge in [0.15, 0.2) is 0 Å². The molecule has 0 aliphatic rings. The number of fused-ring (bicyclic) bond motifs is 1. The molecule has 5 heteroatoms. The van der Waals surface area contributed by atoms with Crippen LogP contribution < -0.4 is 0 Å². The van der Waals surface area contributed by atoms with Gasteiger partial charge in [0.1, 0.15) is 0 Å². The number of benzene rings is 2. The molecule has 3 aromatic rings. The Balaban J connectivity index is 2.17. The second kappa shape index (κ2) is 4.62. The van der Waals surface area contributed by atoms with Crippen LogP contribution in [0.5, 0.6) is 0 Å². The number of rotatable bonds is 2. The van der Waals surface area contributed by atoms with Crippen LogP contribution in [0.4, 0.5) is 5.69 Å². The maximum atomic E-state index is 12.4. The lowest BCUT2D eigenvalue weighted by Crippen LogP contribution is -2.10. The van der Waals surface area contributed by atoms with Gasteiger partial charge in [-0.2, -0.15) is 0 Å². The molecule has 0 N–H and O–H groups in total. The smallest absolute Gasteiger partial charge is 0.278 e. The first-order chi connectivity index (χ1) is 9.68. The molecule has 1 aromatic heterocycles. The normalized spacial score (nSPS) is 10.6. The molecule has 0 fully saturated rings. The molecule has 0 spiro atoms. The Morgan fingerprint density at radius 1 is 1.00 bits per heavy atom. The van der Waals surface area contributed by atoms with E-state index in [2.05, 4.69) is 0 Å². The fourth-order valence-electron chi connectivity index (χ4n) is 2.21. The first-order valence-corrected chi connectivity index (χ1v) is 6.03. The molecule has 1 heterocycles. The number of hydrogen-bond acceptors (Lipinski definition) is 3. The van der Waals surface area contributed by atoms with Crippen molar-refractivity contribution in [3.05, 3.63) is 76.5 Å². The van der Waals surface area contributed by atoms with E-state index in [1.54, 1.807) is 48.7 Å². The molecule has 3 rings (SSSR count). The summed E-state index contributed by atoms with van der Waals surface area (Å²) in [6.45, 7) is 0. The molecular formula is C15H10N2O3. The predicted molar refractivity (Wildman–Crippen MR) is 74.8 cm³/mol. The van der Waals surface area contributed by atoms with Gasteiger partial charge < -0.3 is 0 Å². The second-order valence-corrected chi connectivity index (χ2v) is 4.32. The first kappa shape index (κ1) is 12.1. The summed E-state index contributed by atoms with van der Waals surface area (Å²) in [6.07, 6.45) is 1.56. The molecule has 98 valence electrons. The van der Waals surface area contributed by atoms with E-state index in [9.17, 15) is 14.9 Å². The van der Waals surface area contributed by atoms with Gasteiger partial charge in [0.2, 0.25) is 0 Å². The predicted octanol–water partition coefficient (Wildman–Crippen LogP) is 3.24. The number of nitrogens with zero attached hydrogens (tertiary/aromatic N) is 2. The van der Waals surface area contributed by atoms with Crippen molar-refractivity contribution in [2.24, 2.45) is 0 Å². The zero-order valence-electron chi connectivity index (χ0n) is 10.4. The minimum Gasteiger partial charge on any atom is -0.283 e. The Bertz CT molecular complexity index is 806. The van der Waals surface area contributed by atoms with Crippen LogP contribution in [0.25, 0.3) is 10.9 Å². The van der Waals surface area contributed by atoms with Gasteiger partial charge in [0.05, 0.1) is 15.8 Å². The highest BCUT2D eigenvalue weighted by atomic mass is 16.6. The van der Waals surface area contributed by atoms with E-state index in [1.807, 2.05) is 6.07 Å². The van der Waals surface area contributed by atoms with E-state index in [1.165, 1.54) is 10.6 Å². The number of non-ortho nitro benzene ring substituents is 1. The standard InChI is InChI=1S/C15H10N2O3/c18-15(11-5-2-1-3-6-11)16-10-9-12-13(16)7-4-8-14(12)17(19)20/h1-10H. The summed E-state index contributed by atoms with van der Waals surface area (Å²) in [5.41, 5.74) is 1.08. The van der Waals surface area contributed by atoms with Gasteiger partial charge >= 0.3 is 0 Å². The molecule has 0 atom stereocenters. The summed E-state index contributed by atoms with van der Waals surface area (Å²) in [6, 6.07) is 15.1. The van der Waals surface area contributed by atoms with Gasteiger partial charge in [0.25, 0.3) is 11.6 Å². The number of hydrogen-bond donors (Lipinski definition) is 0. The van der Waals surface area contributed by atoms with Crippen molar-refractivity contribution in [3.8, 4) is 0 Å². The average molecular weight is 266 g/mol. The molecule has 0 radical (unpaired) electrons. The highest BCUT2D eigenvalue weighted by molar-refractivity contribution is 6.03. The third-order valence-corrected chi connectivity index (χ3v) is 3.15. The molecule has 2 aromatic carbocycles. The summed E-state index contributed by atoms with van der Waals surface area (Å²) < 4.78 is 1.43. The van der Waals surface area contributed by atoms with Crippen molar-refractivity contribution in [1.29, 1.82) is 0 Å². The third-order valence-electron chi connectivity index (χ3n) is 3.15. The van der Waals surface area contributed by atoms with E-state index in [-0.39, 0.29) is 11.6 Å². The van der Waals surface area contributed by atoms with Crippen LogP contribution in [-0.4, -0.2) is 15.4 Å². The van der Waals surface area contributed by atoms with E-state index in [0.717, 1.165) is 0 Å². The average Bonchev–Trinajstić information content (AvgIpc) is 2.91. The lowest BCUT2D eigenvalue weighted by molar-refractivity contribution is -0.383. The number of nitro groups is 1. The first-order valence-electron chi connectivity index (χ1n) is 6.03. The Morgan fingerprint density at radius 2 is 1.75 bits per heavy atom. The summed E-state index contributed by atoms with van der Waals surface area (Å²) in [4.78, 5) is 22.9. The zero-order chi connectivity index (χ0) is 14.1. The van der Waals surface area contributed by atoms with Crippen molar-refractivity contribution < 1.29 is 9.72 Å². The molecule has 0 bridgehead atoms. The van der Waals surface area contributed by atoms with Crippen molar-refractivity contribution in [3.63, 3.8) is 0 Å². The minimum atomic E-state index is -0.445. The molecule has 0 amide bonds. The third kappa shape index (κ3) is 1.85. The van der Waals surface area contributed by atoms with Crippen LogP contribution in [-0.2, 0) is 0 Å². The quantitative estimate of drug-likeness (QED) is 0.528. The van der Waals surface area contributed by atoms with Crippen molar-refractivity contribution in [1.82, 2.24) is 4.57 Å². The zero-order valence-corrected chi connectivity index (χ0v) is 10.4. The van der Waals surface area contributed by atoms with Gasteiger partial charge in [-0.15, -0.1) is 0 Å². The maximum Gasteiger partial charge on any atom is 0.278 e. The Hall–Kier alpha value is -2.95. The van der Waals surface area contributed by atoms with Gasteiger partial charge in [-0.25, -0.2) is 0 Å². The van der Waals surface area contributed by atoms with Gasteiger partial charge in [-0.3, -0.25) is 19.5 Å². The molecule has 20 heavy (non-hydrogen) atoms. The van der Waals surface area contributed by atoms with Gasteiger partial charge in [-0.05, 0) is 24.3 Å². The highest BCUT2D eigenvalue weighted by Crippen LogP contribution is 2.26. The molecule has 0 unspecified atom stereocenters. The van der Waals surface area contributed by atoms with E-state index < -0.39 is 4.92 Å². The molecule has 0 saturated carbocycles. The SMILES string of the molecule is O=C(c1ccccc1)n1ccc2c([N+](=O)[O-])cccc21. The Labute approximate surface area is 114 Å². The van der Waals surface area contributed by atoms with Crippen LogP contribution in [0.3, 0.4) is 0 Å². The molecule has 0 aliphatic heterocycles. The topological polar surface area (TPSA) is 65.1 Å². The fraction of sp³-hybridized carbons (Fsp3) is 0. The summed E-state index contributed by atoms with van der Waals surface area (Å²) in [5.74, 6) is -0.207. The monoisotopic (exact) mass is 266 g/mol. The summed E-state index contributed by atoms with van der Waals surface area (Å²) in [7, 11) is 0. The fourth-order valence-corrected chi connectivity index (χ4v) is 2.21. The van der Waals surface area contributed by atoms with Crippen LogP contribution in [0, 0.1) is 10.1 Å². The second-order valence-electron chi connectivity index (χ2n) is 4.32. The summed E-state index contributed by atoms with van der Waals surface area (Å²) >= 11 is 0. The van der Waals surface area contributed by atoms with E-state index in [0.29, 0.717) is 16.5 Å². The lowest BCUT2D eigenvalue weighted by atomic mass is 10.2. The highest BCUT2D eigenvalue weighted by Gasteiger charge is 2.17. The molecule has 0 saturated heterocycles. The van der Waals surface area contributed by atoms with E-state index >= 15 is 0 Å². The van der Waals surface area contributed by atoms with Crippen LogP contribution >= 0.6 is 0 Å². The number of carbonyl (C=O) groups is 1.